The highest BCUT2D eigenvalue weighted by Crippen LogP contribution is 2.16. The number of anilines is 1. The summed E-state index contributed by atoms with van der Waals surface area (Å²) in [7, 11) is 0. The number of carbonyl (C=O) groups excluding carboxylic acids is 2. The second-order valence-corrected chi connectivity index (χ2v) is 4.80. The van der Waals surface area contributed by atoms with Crippen LogP contribution in [0.5, 0.6) is 0 Å². The van der Waals surface area contributed by atoms with Crippen LogP contribution in [0, 0.1) is 0 Å². The molecular weight excluding hydrogens is 258 g/mol. The van der Waals surface area contributed by atoms with E-state index in [9.17, 15) is 9.59 Å². The monoisotopic (exact) mass is 273 g/mol. The summed E-state index contributed by atoms with van der Waals surface area (Å²) in [6.45, 7) is 1.91. The molecule has 0 saturated carbocycles. The highest BCUT2D eigenvalue weighted by Gasteiger charge is 2.23. The predicted octanol–water partition coefficient (Wildman–Crippen LogP) is 0.647. The highest BCUT2D eigenvalue weighted by atomic mass is 16.2. The van der Waals surface area contributed by atoms with Gasteiger partial charge in [-0.1, -0.05) is 0 Å². The van der Waals surface area contributed by atoms with Gasteiger partial charge >= 0.3 is 6.03 Å². The van der Waals surface area contributed by atoms with Crippen molar-refractivity contribution < 1.29 is 9.59 Å². The van der Waals surface area contributed by atoms with Crippen molar-refractivity contribution >= 4 is 24.0 Å². The third-order valence-electron chi connectivity index (χ3n) is 3.32. The van der Waals surface area contributed by atoms with Gasteiger partial charge < -0.3 is 10.2 Å². The lowest BCUT2D eigenvalue weighted by Crippen LogP contribution is -2.31. The quantitative estimate of drug-likeness (QED) is 0.610. The van der Waals surface area contributed by atoms with Crippen molar-refractivity contribution in [2.75, 3.05) is 18.0 Å². The molecule has 1 aromatic rings. The van der Waals surface area contributed by atoms with Crippen molar-refractivity contribution in [2.24, 2.45) is 0 Å². The summed E-state index contributed by atoms with van der Waals surface area (Å²) in [4.78, 5) is 33.3. The lowest BCUT2D eigenvalue weighted by molar-refractivity contribution is -0.115. The van der Waals surface area contributed by atoms with Crippen LogP contribution in [0.25, 0.3) is 6.08 Å². The van der Waals surface area contributed by atoms with Crippen LogP contribution in [-0.2, 0) is 4.79 Å². The largest absolute Gasteiger partial charge is 0.341 e. The number of piperidine rings is 1. The van der Waals surface area contributed by atoms with Crippen LogP contribution in [0.2, 0.25) is 0 Å². The standard InChI is InChI=1S/C13H15N5O2/c19-11-10(16-13(20)17-11)8-9-4-5-14-12(15-9)18-6-2-1-3-7-18/h4-5,8H,1-3,6-7H2,(H2,16,17,19,20). The Hall–Kier alpha value is -2.44. The zero-order chi connectivity index (χ0) is 13.9. The number of hydrogen-bond donors (Lipinski definition) is 2. The van der Waals surface area contributed by atoms with Crippen molar-refractivity contribution in [3.63, 3.8) is 0 Å². The third kappa shape index (κ3) is 2.61. The van der Waals surface area contributed by atoms with E-state index >= 15 is 0 Å². The molecule has 3 amide bonds. The maximum Gasteiger partial charge on any atom is 0.326 e. The molecule has 0 aliphatic carbocycles. The second-order valence-electron chi connectivity index (χ2n) is 4.80. The molecule has 2 aliphatic rings. The molecule has 2 aliphatic heterocycles. The summed E-state index contributed by atoms with van der Waals surface area (Å²) in [5.41, 5.74) is 0.811. The van der Waals surface area contributed by atoms with Crippen molar-refractivity contribution in [3.05, 3.63) is 23.7 Å². The van der Waals surface area contributed by atoms with Gasteiger partial charge in [0.25, 0.3) is 5.91 Å². The number of rotatable bonds is 2. The maximum atomic E-state index is 11.5. The van der Waals surface area contributed by atoms with E-state index in [-0.39, 0.29) is 5.70 Å². The van der Waals surface area contributed by atoms with E-state index in [2.05, 4.69) is 25.5 Å². The average molecular weight is 273 g/mol. The zero-order valence-corrected chi connectivity index (χ0v) is 10.9. The Morgan fingerprint density at radius 1 is 1.15 bits per heavy atom. The van der Waals surface area contributed by atoms with Gasteiger partial charge in [0.05, 0.1) is 5.69 Å². The molecular formula is C13H15N5O2. The Balaban J connectivity index is 1.82. The van der Waals surface area contributed by atoms with Crippen LogP contribution in [0.3, 0.4) is 0 Å². The molecule has 0 aromatic carbocycles. The highest BCUT2D eigenvalue weighted by molar-refractivity contribution is 6.13. The number of imide groups is 1. The van der Waals surface area contributed by atoms with Gasteiger partial charge in [-0.3, -0.25) is 10.1 Å². The maximum absolute atomic E-state index is 11.5. The second kappa shape index (κ2) is 5.28. The van der Waals surface area contributed by atoms with Gasteiger partial charge in [-0.05, 0) is 31.4 Å². The minimum Gasteiger partial charge on any atom is -0.341 e. The van der Waals surface area contributed by atoms with Crippen molar-refractivity contribution in [2.45, 2.75) is 19.3 Å². The molecule has 7 nitrogen and oxygen atoms in total. The molecule has 0 bridgehead atoms. The molecule has 2 saturated heterocycles. The molecule has 104 valence electrons. The van der Waals surface area contributed by atoms with E-state index in [0.717, 1.165) is 25.9 Å². The third-order valence-corrected chi connectivity index (χ3v) is 3.32. The van der Waals surface area contributed by atoms with Crippen molar-refractivity contribution in [1.29, 1.82) is 0 Å². The van der Waals surface area contributed by atoms with Gasteiger partial charge in [-0.2, -0.15) is 0 Å². The molecule has 2 N–H and O–H groups in total. The zero-order valence-electron chi connectivity index (χ0n) is 10.9. The van der Waals surface area contributed by atoms with Gasteiger partial charge in [0, 0.05) is 19.3 Å². The van der Waals surface area contributed by atoms with Crippen molar-refractivity contribution in [3.8, 4) is 0 Å². The molecule has 0 radical (unpaired) electrons. The predicted molar refractivity (Wildman–Crippen MR) is 72.7 cm³/mol. The number of nitrogens with zero attached hydrogens (tertiary/aromatic N) is 3. The molecule has 2 fully saturated rings. The van der Waals surface area contributed by atoms with Crippen LogP contribution in [0.1, 0.15) is 25.0 Å². The Kier molecular flexibility index (Phi) is 3.32. The number of nitrogens with one attached hydrogen (secondary N) is 2. The lowest BCUT2D eigenvalue weighted by atomic mass is 10.1. The fourth-order valence-corrected chi connectivity index (χ4v) is 2.32. The number of urea groups is 1. The summed E-state index contributed by atoms with van der Waals surface area (Å²) in [5, 5.41) is 4.59. The molecule has 3 heterocycles. The summed E-state index contributed by atoms with van der Waals surface area (Å²) < 4.78 is 0. The molecule has 3 rings (SSSR count). The van der Waals surface area contributed by atoms with Crippen LogP contribution >= 0.6 is 0 Å². The first-order valence-electron chi connectivity index (χ1n) is 6.64. The topological polar surface area (TPSA) is 87.2 Å². The van der Waals surface area contributed by atoms with E-state index < -0.39 is 11.9 Å². The van der Waals surface area contributed by atoms with Gasteiger partial charge in [-0.15, -0.1) is 0 Å². The molecule has 0 atom stereocenters. The first-order chi connectivity index (χ1) is 9.72. The fraction of sp³-hybridized carbons (Fsp3) is 0.385. The Labute approximate surface area is 116 Å². The van der Waals surface area contributed by atoms with Crippen LogP contribution < -0.4 is 15.5 Å². The number of aromatic nitrogens is 2. The molecule has 7 heteroatoms. The van der Waals surface area contributed by atoms with E-state index in [0.29, 0.717) is 11.6 Å². The Morgan fingerprint density at radius 2 is 1.95 bits per heavy atom. The van der Waals surface area contributed by atoms with Crippen molar-refractivity contribution in [1.82, 2.24) is 20.6 Å². The molecule has 0 spiro atoms. The van der Waals surface area contributed by atoms with E-state index in [1.807, 2.05) is 0 Å². The first-order valence-corrected chi connectivity index (χ1v) is 6.64. The number of carbonyl (C=O) groups is 2. The minimum absolute atomic E-state index is 0.207. The van der Waals surface area contributed by atoms with Crippen LogP contribution in [-0.4, -0.2) is 35.0 Å². The first kappa shape index (κ1) is 12.6. The van der Waals surface area contributed by atoms with E-state index in [1.54, 1.807) is 18.3 Å². The summed E-state index contributed by atoms with van der Waals surface area (Å²) in [5.74, 6) is 0.233. The molecule has 0 unspecified atom stereocenters. The fourth-order valence-electron chi connectivity index (χ4n) is 2.32. The van der Waals surface area contributed by atoms with E-state index in [1.165, 1.54) is 6.42 Å². The normalized spacial score (nSPS) is 21.0. The lowest BCUT2D eigenvalue weighted by Gasteiger charge is -2.26. The van der Waals surface area contributed by atoms with Gasteiger partial charge in [0.1, 0.15) is 5.70 Å². The average Bonchev–Trinajstić information content (AvgIpc) is 2.78. The smallest absolute Gasteiger partial charge is 0.326 e. The minimum atomic E-state index is -0.508. The number of amides is 3. The summed E-state index contributed by atoms with van der Waals surface area (Å²) >= 11 is 0. The SMILES string of the molecule is O=C1NC(=O)C(=Cc2ccnc(N3CCCCC3)n2)N1. The van der Waals surface area contributed by atoms with Gasteiger partial charge in [0.2, 0.25) is 5.95 Å². The van der Waals surface area contributed by atoms with Gasteiger partial charge in [-0.25, -0.2) is 14.8 Å². The summed E-state index contributed by atoms with van der Waals surface area (Å²) in [6.07, 6.45) is 6.75. The Bertz CT molecular complexity index is 578. The van der Waals surface area contributed by atoms with E-state index in [4.69, 9.17) is 0 Å². The van der Waals surface area contributed by atoms with Gasteiger partial charge in [0.15, 0.2) is 0 Å². The van der Waals surface area contributed by atoms with Crippen LogP contribution in [0.4, 0.5) is 10.7 Å². The Morgan fingerprint density at radius 3 is 2.65 bits per heavy atom. The summed E-state index contributed by atoms with van der Waals surface area (Å²) in [6, 6.07) is 1.20. The van der Waals surface area contributed by atoms with Crippen LogP contribution in [0.15, 0.2) is 18.0 Å². The number of hydrogen-bond acceptors (Lipinski definition) is 5. The molecule has 1 aromatic heterocycles. The molecule has 20 heavy (non-hydrogen) atoms.